The summed E-state index contributed by atoms with van der Waals surface area (Å²) in [5.41, 5.74) is 2.73. The zero-order valence-electron chi connectivity index (χ0n) is 15.1. The van der Waals surface area contributed by atoms with E-state index in [1.54, 1.807) is 43.6 Å². The fourth-order valence-corrected chi connectivity index (χ4v) is 3.17. The van der Waals surface area contributed by atoms with Crippen LogP contribution in [0.5, 0.6) is 17.2 Å². The van der Waals surface area contributed by atoms with Crippen molar-refractivity contribution >= 4 is 17.5 Å². The van der Waals surface area contributed by atoms with Crippen LogP contribution in [0.2, 0.25) is 5.02 Å². The Labute approximate surface area is 167 Å². The molecule has 2 heterocycles. The van der Waals surface area contributed by atoms with Crippen LogP contribution in [-0.2, 0) is 6.54 Å². The number of amides is 1. The summed E-state index contributed by atoms with van der Waals surface area (Å²) in [4.78, 5) is 16.9. The van der Waals surface area contributed by atoms with Crippen molar-refractivity contribution in [2.45, 2.75) is 6.54 Å². The molecule has 0 bridgehead atoms. The molecule has 1 N–H and O–H groups in total. The minimum absolute atomic E-state index is 0.213. The van der Waals surface area contributed by atoms with Gasteiger partial charge in [0.2, 0.25) is 6.79 Å². The van der Waals surface area contributed by atoms with Crippen LogP contribution < -0.4 is 19.5 Å². The Hall–Kier alpha value is -3.25. The summed E-state index contributed by atoms with van der Waals surface area (Å²) in [6.45, 7) is 0.586. The van der Waals surface area contributed by atoms with Crippen LogP contribution in [0.25, 0.3) is 11.3 Å². The van der Waals surface area contributed by atoms with Gasteiger partial charge in [-0.15, -0.1) is 0 Å². The van der Waals surface area contributed by atoms with Crippen LogP contribution in [0, 0.1) is 0 Å². The van der Waals surface area contributed by atoms with Crippen LogP contribution >= 0.6 is 11.6 Å². The van der Waals surface area contributed by atoms with Crippen molar-refractivity contribution in [3.05, 3.63) is 70.9 Å². The molecule has 1 amide bonds. The standard InChI is InChI=1S/C21H17ClN2O4/c1-26-18-10-14(5-6-15(18)20-16(22)3-2-8-23-20)21(25)24-11-13-4-7-17-19(9-13)28-12-27-17/h2-10H,11-12H2,1H3,(H,24,25). The summed E-state index contributed by atoms with van der Waals surface area (Å²) >= 11 is 6.23. The third-order valence-electron chi connectivity index (χ3n) is 4.37. The van der Waals surface area contributed by atoms with Gasteiger partial charge in [0.1, 0.15) is 5.75 Å². The van der Waals surface area contributed by atoms with E-state index in [-0.39, 0.29) is 12.7 Å². The number of hydrogen-bond acceptors (Lipinski definition) is 5. The van der Waals surface area contributed by atoms with Gasteiger partial charge in [-0.2, -0.15) is 0 Å². The highest BCUT2D eigenvalue weighted by Crippen LogP contribution is 2.34. The lowest BCUT2D eigenvalue weighted by atomic mass is 10.1. The Morgan fingerprint density at radius 1 is 1.18 bits per heavy atom. The molecule has 4 rings (SSSR count). The van der Waals surface area contributed by atoms with E-state index in [0.717, 1.165) is 11.1 Å². The summed E-state index contributed by atoms with van der Waals surface area (Å²) < 4.78 is 16.1. The highest BCUT2D eigenvalue weighted by Gasteiger charge is 2.16. The number of nitrogens with zero attached hydrogens (tertiary/aromatic N) is 1. The monoisotopic (exact) mass is 396 g/mol. The number of methoxy groups -OCH3 is 1. The Morgan fingerprint density at radius 3 is 2.86 bits per heavy atom. The molecule has 1 aliphatic heterocycles. The van der Waals surface area contributed by atoms with E-state index < -0.39 is 0 Å². The summed E-state index contributed by atoms with van der Waals surface area (Å²) in [7, 11) is 1.55. The molecule has 3 aromatic rings. The minimum atomic E-state index is -0.213. The number of fused-ring (bicyclic) bond motifs is 1. The van der Waals surface area contributed by atoms with E-state index in [2.05, 4.69) is 10.3 Å². The lowest BCUT2D eigenvalue weighted by molar-refractivity contribution is 0.0950. The molecular weight excluding hydrogens is 380 g/mol. The first-order chi connectivity index (χ1) is 13.7. The highest BCUT2D eigenvalue weighted by molar-refractivity contribution is 6.33. The maximum atomic E-state index is 12.6. The van der Waals surface area contributed by atoms with E-state index in [1.165, 1.54) is 0 Å². The molecule has 1 aromatic heterocycles. The third-order valence-corrected chi connectivity index (χ3v) is 4.67. The van der Waals surface area contributed by atoms with Gasteiger partial charge >= 0.3 is 0 Å². The highest BCUT2D eigenvalue weighted by atomic mass is 35.5. The summed E-state index contributed by atoms with van der Waals surface area (Å²) in [6, 6.07) is 14.3. The smallest absolute Gasteiger partial charge is 0.251 e. The second kappa shape index (κ2) is 7.78. The molecule has 0 atom stereocenters. The predicted molar refractivity (Wildman–Crippen MR) is 105 cm³/mol. The van der Waals surface area contributed by atoms with E-state index in [4.69, 9.17) is 25.8 Å². The average Bonchev–Trinajstić information content (AvgIpc) is 3.20. The number of benzene rings is 2. The lowest BCUT2D eigenvalue weighted by Crippen LogP contribution is -2.22. The normalized spacial score (nSPS) is 11.9. The van der Waals surface area contributed by atoms with E-state index in [9.17, 15) is 4.79 Å². The Kier molecular flexibility index (Phi) is 5.04. The van der Waals surface area contributed by atoms with E-state index in [1.807, 2.05) is 18.2 Å². The first kappa shape index (κ1) is 18.1. The second-order valence-corrected chi connectivity index (χ2v) is 6.53. The number of halogens is 1. The van der Waals surface area contributed by atoms with Crippen molar-refractivity contribution in [1.82, 2.24) is 10.3 Å². The first-order valence-corrected chi connectivity index (χ1v) is 8.99. The number of carbonyl (C=O) groups is 1. The molecule has 7 heteroatoms. The van der Waals surface area contributed by atoms with Gasteiger partial charge in [-0.25, -0.2) is 0 Å². The maximum absolute atomic E-state index is 12.6. The zero-order valence-corrected chi connectivity index (χ0v) is 15.8. The van der Waals surface area contributed by atoms with Gasteiger partial charge in [0.25, 0.3) is 5.91 Å². The molecule has 6 nitrogen and oxygen atoms in total. The molecule has 0 spiro atoms. The van der Waals surface area contributed by atoms with Crippen molar-refractivity contribution in [3.8, 4) is 28.5 Å². The Balaban J connectivity index is 1.51. The maximum Gasteiger partial charge on any atom is 0.251 e. The summed E-state index contributed by atoms with van der Waals surface area (Å²) in [6.07, 6.45) is 1.66. The quantitative estimate of drug-likeness (QED) is 0.704. The van der Waals surface area contributed by atoms with Crippen molar-refractivity contribution in [2.75, 3.05) is 13.9 Å². The number of pyridine rings is 1. The van der Waals surface area contributed by atoms with E-state index in [0.29, 0.717) is 40.1 Å². The number of ether oxygens (including phenoxy) is 3. The fraction of sp³-hybridized carbons (Fsp3) is 0.143. The predicted octanol–water partition coefficient (Wildman–Crippen LogP) is 4.07. The molecule has 2 aromatic carbocycles. The van der Waals surface area contributed by atoms with Gasteiger partial charge in [0.15, 0.2) is 11.5 Å². The number of nitrogens with one attached hydrogen (secondary N) is 1. The number of carbonyl (C=O) groups excluding carboxylic acids is 1. The topological polar surface area (TPSA) is 69.7 Å². The van der Waals surface area contributed by atoms with Crippen molar-refractivity contribution in [1.29, 1.82) is 0 Å². The van der Waals surface area contributed by atoms with Crippen molar-refractivity contribution in [2.24, 2.45) is 0 Å². The van der Waals surface area contributed by atoms with E-state index >= 15 is 0 Å². The molecule has 0 aliphatic carbocycles. The molecular formula is C21H17ClN2O4. The second-order valence-electron chi connectivity index (χ2n) is 6.12. The molecule has 0 fully saturated rings. The molecule has 0 radical (unpaired) electrons. The van der Waals surface area contributed by atoms with Crippen molar-refractivity contribution < 1.29 is 19.0 Å². The van der Waals surface area contributed by atoms with Crippen LogP contribution in [0.3, 0.4) is 0 Å². The minimum Gasteiger partial charge on any atom is -0.496 e. The van der Waals surface area contributed by atoms with Gasteiger partial charge in [0, 0.05) is 23.9 Å². The zero-order chi connectivity index (χ0) is 19.5. The van der Waals surface area contributed by atoms with Gasteiger partial charge in [0.05, 0.1) is 17.8 Å². The van der Waals surface area contributed by atoms with Crippen LogP contribution in [0.4, 0.5) is 0 Å². The molecule has 1 aliphatic rings. The van der Waals surface area contributed by atoms with Gasteiger partial charge < -0.3 is 19.5 Å². The summed E-state index contributed by atoms with van der Waals surface area (Å²) in [5, 5.41) is 3.41. The molecule has 0 saturated heterocycles. The Bertz CT molecular complexity index is 1040. The van der Waals surface area contributed by atoms with Gasteiger partial charge in [-0.3, -0.25) is 9.78 Å². The van der Waals surface area contributed by atoms with Crippen molar-refractivity contribution in [3.63, 3.8) is 0 Å². The molecule has 28 heavy (non-hydrogen) atoms. The molecule has 0 saturated carbocycles. The Morgan fingerprint density at radius 2 is 2.04 bits per heavy atom. The molecule has 0 unspecified atom stereocenters. The lowest BCUT2D eigenvalue weighted by Gasteiger charge is -2.12. The average molecular weight is 397 g/mol. The van der Waals surface area contributed by atoms with Gasteiger partial charge in [-0.1, -0.05) is 17.7 Å². The van der Waals surface area contributed by atoms with Crippen LogP contribution in [-0.4, -0.2) is 24.8 Å². The van der Waals surface area contributed by atoms with Crippen LogP contribution in [0.1, 0.15) is 15.9 Å². The SMILES string of the molecule is COc1cc(C(=O)NCc2ccc3c(c2)OCO3)ccc1-c1ncccc1Cl. The molecule has 142 valence electrons. The van der Waals surface area contributed by atoms with Gasteiger partial charge in [-0.05, 0) is 48.0 Å². The number of hydrogen-bond donors (Lipinski definition) is 1. The first-order valence-electron chi connectivity index (χ1n) is 8.61. The fourth-order valence-electron chi connectivity index (χ4n) is 2.95. The third kappa shape index (κ3) is 3.59. The number of aromatic nitrogens is 1. The number of rotatable bonds is 5. The van der Waals surface area contributed by atoms with Crippen LogP contribution in [0.15, 0.2) is 54.7 Å². The summed E-state index contributed by atoms with van der Waals surface area (Å²) in [5.74, 6) is 1.71. The largest absolute Gasteiger partial charge is 0.496 e.